The molecule has 0 radical (unpaired) electrons. The zero-order valence-electron chi connectivity index (χ0n) is 14.1. The van der Waals surface area contributed by atoms with Crippen molar-refractivity contribution in [2.75, 3.05) is 6.61 Å². The van der Waals surface area contributed by atoms with E-state index in [1.165, 1.54) is 13.8 Å². The molecular weight excluding hydrogens is 300 g/mol. The lowest BCUT2D eigenvalue weighted by atomic mass is 10.1. The van der Waals surface area contributed by atoms with Gasteiger partial charge in [-0.15, -0.1) is 0 Å². The van der Waals surface area contributed by atoms with Crippen molar-refractivity contribution in [2.45, 2.75) is 46.8 Å². The van der Waals surface area contributed by atoms with Gasteiger partial charge in [-0.25, -0.2) is 4.79 Å². The maximum atomic E-state index is 11.7. The van der Waals surface area contributed by atoms with Gasteiger partial charge in [0, 0.05) is 18.1 Å². The predicted octanol–water partition coefficient (Wildman–Crippen LogP) is 2.67. The Balaban J connectivity index is 2.85. The Kier molecular flexibility index (Phi) is 6.30. The fourth-order valence-corrected chi connectivity index (χ4v) is 1.74. The van der Waals surface area contributed by atoms with Crippen molar-refractivity contribution < 1.29 is 28.6 Å². The minimum absolute atomic E-state index is 0.0416. The smallest absolute Gasteiger partial charge is 0.344 e. The summed E-state index contributed by atoms with van der Waals surface area (Å²) in [6.45, 7) is 7.70. The largest absolute Gasteiger partial charge is 0.481 e. The molecule has 126 valence electrons. The molecule has 0 aromatic heterocycles. The van der Waals surface area contributed by atoms with E-state index in [0.717, 1.165) is 0 Å². The molecule has 0 aliphatic heterocycles. The molecule has 6 heteroatoms. The Morgan fingerprint density at radius 1 is 1.09 bits per heavy atom. The van der Waals surface area contributed by atoms with Crippen molar-refractivity contribution in [3.05, 3.63) is 29.3 Å². The van der Waals surface area contributed by atoms with E-state index in [2.05, 4.69) is 0 Å². The Morgan fingerprint density at radius 2 is 1.74 bits per heavy atom. The van der Waals surface area contributed by atoms with Crippen LogP contribution >= 0.6 is 0 Å². The van der Waals surface area contributed by atoms with Crippen LogP contribution in [0.5, 0.6) is 5.75 Å². The molecule has 0 saturated heterocycles. The lowest BCUT2D eigenvalue weighted by molar-refractivity contribution is -0.157. The molecule has 0 bridgehead atoms. The average molecular weight is 322 g/mol. The van der Waals surface area contributed by atoms with Crippen molar-refractivity contribution in [2.24, 2.45) is 0 Å². The first-order valence-electron chi connectivity index (χ1n) is 7.20. The summed E-state index contributed by atoms with van der Waals surface area (Å²) in [5.41, 5.74) is 0.382. The third-order valence-corrected chi connectivity index (χ3v) is 2.66. The van der Waals surface area contributed by atoms with Crippen LogP contribution in [0.3, 0.4) is 0 Å². The molecule has 0 amide bonds. The number of benzene rings is 1. The van der Waals surface area contributed by atoms with Crippen molar-refractivity contribution in [3.8, 4) is 5.75 Å². The third kappa shape index (κ3) is 6.95. The highest BCUT2D eigenvalue weighted by molar-refractivity contribution is 5.94. The van der Waals surface area contributed by atoms with Crippen LogP contribution in [-0.2, 0) is 25.7 Å². The SMILES string of the molecule is CC(=O)OCc1cc(C(C)=O)ccc1OCC(=O)OC(C)(C)C. The fraction of sp³-hybridized carbons (Fsp3) is 0.471. The van der Waals surface area contributed by atoms with Crippen molar-refractivity contribution in [1.29, 1.82) is 0 Å². The van der Waals surface area contributed by atoms with Gasteiger partial charge in [0.25, 0.3) is 0 Å². The van der Waals surface area contributed by atoms with Crippen LogP contribution in [-0.4, -0.2) is 29.9 Å². The van der Waals surface area contributed by atoms with Crippen LogP contribution in [0.4, 0.5) is 0 Å². The maximum Gasteiger partial charge on any atom is 0.344 e. The van der Waals surface area contributed by atoms with Gasteiger partial charge in [0.1, 0.15) is 18.0 Å². The zero-order chi connectivity index (χ0) is 17.6. The van der Waals surface area contributed by atoms with Gasteiger partial charge in [0.15, 0.2) is 12.4 Å². The maximum absolute atomic E-state index is 11.7. The molecular formula is C17H22O6. The lowest BCUT2D eigenvalue weighted by Crippen LogP contribution is -2.27. The number of hydrogen-bond acceptors (Lipinski definition) is 6. The van der Waals surface area contributed by atoms with Crippen LogP contribution in [0.1, 0.15) is 50.5 Å². The molecule has 6 nitrogen and oxygen atoms in total. The molecule has 0 unspecified atom stereocenters. The summed E-state index contributed by atoms with van der Waals surface area (Å²) in [7, 11) is 0. The molecule has 0 aliphatic carbocycles. The molecule has 0 saturated carbocycles. The summed E-state index contributed by atoms with van der Waals surface area (Å²) in [5, 5.41) is 0. The van der Waals surface area contributed by atoms with Gasteiger partial charge in [-0.3, -0.25) is 9.59 Å². The van der Waals surface area contributed by atoms with E-state index in [1.54, 1.807) is 39.0 Å². The number of ketones is 1. The molecule has 0 atom stereocenters. The number of esters is 2. The topological polar surface area (TPSA) is 78.9 Å². The molecule has 1 aromatic rings. The van der Waals surface area contributed by atoms with Crippen LogP contribution in [0.2, 0.25) is 0 Å². The number of ether oxygens (including phenoxy) is 3. The quantitative estimate of drug-likeness (QED) is 0.592. The van der Waals surface area contributed by atoms with Gasteiger partial charge in [-0.2, -0.15) is 0 Å². The number of rotatable bonds is 6. The Hall–Kier alpha value is -2.37. The summed E-state index contributed by atoms with van der Waals surface area (Å²) >= 11 is 0. The molecule has 23 heavy (non-hydrogen) atoms. The first kappa shape index (κ1) is 18.7. The minimum Gasteiger partial charge on any atom is -0.481 e. The molecule has 1 rings (SSSR count). The van der Waals surface area contributed by atoms with Crippen molar-refractivity contribution in [3.63, 3.8) is 0 Å². The predicted molar refractivity (Wildman–Crippen MR) is 83.3 cm³/mol. The average Bonchev–Trinajstić information content (AvgIpc) is 2.41. The molecule has 0 N–H and O–H groups in total. The molecule has 0 aliphatic rings. The van der Waals surface area contributed by atoms with E-state index in [-0.39, 0.29) is 19.0 Å². The molecule has 0 heterocycles. The van der Waals surface area contributed by atoms with Gasteiger partial charge in [-0.05, 0) is 45.9 Å². The van der Waals surface area contributed by atoms with Crippen LogP contribution in [0.15, 0.2) is 18.2 Å². The van der Waals surface area contributed by atoms with Gasteiger partial charge in [0.2, 0.25) is 0 Å². The van der Waals surface area contributed by atoms with E-state index in [0.29, 0.717) is 16.9 Å². The Morgan fingerprint density at radius 3 is 2.26 bits per heavy atom. The lowest BCUT2D eigenvalue weighted by Gasteiger charge is -2.20. The summed E-state index contributed by atoms with van der Waals surface area (Å²) in [4.78, 5) is 34.1. The second-order valence-corrected chi connectivity index (χ2v) is 6.03. The van der Waals surface area contributed by atoms with E-state index < -0.39 is 17.5 Å². The Bertz CT molecular complexity index is 598. The second kappa shape index (κ2) is 7.76. The molecule has 0 spiro atoms. The standard InChI is InChI=1S/C17H22O6/c1-11(18)13-6-7-15(14(8-13)9-21-12(2)19)22-10-16(20)23-17(3,4)5/h6-8H,9-10H2,1-5H3. The first-order valence-corrected chi connectivity index (χ1v) is 7.20. The highest BCUT2D eigenvalue weighted by Gasteiger charge is 2.17. The normalized spacial score (nSPS) is 10.8. The highest BCUT2D eigenvalue weighted by atomic mass is 16.6. The zero-order valence-corrected chi connectivity index (χ0v) is 14.1. The number of carbonyl (C=O) groups excluding carboxylic acids is 3. The number of hydrogen-bond donors (Lipinski definition) is 0. The van der Waals surface area contributed by atoms with Crippen LogP contribution < -0.4 is 4.74 Å². The second-order valence-electron chi connectivity index (χ2n) is 6.03. The minimum atomic E-state index is -0.598. The van der Waals surface area contributed by atoms with Crippen molar-refractivity contribution in [1.82, 2.24) is 0 Å². The molecule has 0 fully saturated rings. The van der Waals surface area contributed by atoms with Crippen LogP contribution in [0.25, 0.3) is 0 Å². The van der Waals surface area contributed by atoms with Gasteiger partial charge < -0.3 is 14.2 Å². The van der Waals surface area contributed by atoms with Gasteiger partial charge in [0.05, 0.1) is 0 Å². The van der Waals surface area contributed by atoms with E-state index in [4.69, 9.17) is 14.2 Å². The number of carbonyl (C=O) groups is 3. The summed E-state index contributed by atoms with van der Waals surface area (Å²) < 4.78 is 15.5. The third-order valence-electron chi connectivity index (χ3n) is 2.66. The van der Waals surface area contributed by atoms with E-state index in [9.17, 15) is 14.4 Å². The summed E-state index contributed by atoms with van der Waals surface area (Å²) in [6.07, 6.45) is 0. The van der Waals surface area contributed by atoms with E-state index >= 15 is 0 Å². The number of Topliss-reactive ketones (excluding diaryl/α,β-unsaturated/α-hetero) is 1. The molecule has 1 aromatic carbocycles. The van der Waals surface area contributed by atoms with Crippen molar-refractivity contribution >= 4 is 17.7 Å². The highest BCUT2D eigenvalue weighted by Crippen LogP contribution is 2.22. The first-order chi connectivity index (χ1) is 10.6. The Labute approximate surface area is 135 Å². The summed E-state index contributed by atoms with van der Waals surface area (Å²) in [6, 6.07) is 4.74. The summed E-state index contributed by atoms with van der Waals surface area (Å²) in [5.74, 6) is -0.710. The van der Waals surface area contributed by atoms with Gasteiger partial charge >= 0.3 is 11.9 Å². The van der Waals surface area contributed by atoms with Crippen LogP contribution in [0, 0.1) is 0 Å². The monoisotopic (exact) mass is 322 g/mol. The van der Waals surface area contributed by atoms with Gasteiger partial charge in [-0.1, -0.05) is 0 Å². The fourth-order valence-electron chi connectivity index (χ4n) is 1.74. The van der Waals surface area contributed by atoms with E-state index in [1.807, 2.05) is 0 Å².